The molecule has 0 spiro atoms. The third kappa shape index (κ3) is 3.90. The van der Waals surface area contributed by atoms with Crippen LogP contribution in [0.15, 0.2) is 42.6 Å². The minimum Gasteiger partial charge on any atom is -0.493 e. The second-order valence-corrected chi connectivity index (χ2v) is 8.85. The van der Waals surface area contributed by atoms with Crippen LogP contribution in [0.2, 0.25) is 0 Å². The lowest BCUT2D eigenvalue weighted by atomic mass is 9.99. The van der Waals surface area contributed by atoms with Crippen molar-refractivity contribution in [2.75, 3.05) is 6.61 Å². The molecule has 0 fully saturated rings. The van der Waals surface area contributed by atoms with E-state index in [1.807, 2.05) is 38.1 Å². The first kappa shape index (κ1) is 22.9. The zero-order valence-corrected chi connectivity index (χ0v) is 19.4. The number of aromatic nitrogens is 3. The summed E-state index contributed by atoms with van der Waals surface area (Å²) in [4.78, 5) is 17.8. The van der Waals surface area contributed by atoms with Crippen LogP contribution in [0.5, 0.6) is 5.75 Å². The lowest BCUT2D eigenvalue weighted by molar-refractivity contribution is 0.0922. The summed E-state index contributed by atoms with van der Waals surface area (Å²) in [5.41, 5.74) is 1.95. The Morgan fingerprint density at radius 2 is 1.86 bits per heavy atom. The smallest absolute Gasteiger partial charge is 0.255 e. The van der Waals surface area contributed by atoms with Crippen molar-refractivity contribution in [2.24, 2.45) is 0 Å². The highest BCUT2D eigenvalue weighted by molar-refractivity contribution is 5.96. The molecule has 3 heterocycles. The van der Waals surface area contributed by atoms with Gasteiger partial charge < -0.3 is 10.1 Å². The maximum atomic E-state index is 14.6. The van der Waals surface area contributed by atoms with Gasteiger partial charge in [0.25, 0.3) is 5.91 Å². The van der Waals surface area contributed by atoms with Gasteiger partial charge in [0.1, 0.15) is 23.2 Å². The molecule has 0 saturated heterocycles. The van der Waals surface area contributed by atoms with E-state index >= 15 is 0 Å². The Balaban J connectivity index is 1.60. The number of para-hydroxylation sites is 1. The molecule has 5 rings (SSSR count). The van der Waals surface area contributed by atoms with Gasteiger partial charge >= 0.3 is 0 Å². The van der Waals surface area contributed by atoms with Crippen molar-refractivity contribution in [3.05, 3.63) is 82.6 Å². The summed E-state index contributed by atoms with van der Waals surface area (Å²) in [5.74, 6) is -2.88. The summed E-state index contributed by atoms with van der Waals surface area (Å²) in [6.07, 6.45) is 2.01. The van der Waals surface area contributed by atoms with E-state index in [9.17, 15) is 18.0 Å². The average molecular weight is 480 g/mol. The zero-order valence-electron chi connectivity index (χ0n) is 19.4. The van der Waals surface area contributed by atoms with E-state index < -0.39 is 23.0 Å². The lowest BCUT2D eigenvalue weighted by Crippen LogP contribution is -2.33. The van der Waals surface area contributed by atoms with Crippen LogP contribution in [0.1, 0.15) is 59.5 Å². The molecule has 9 heteroatoms. The number of ether oxygens (including phenoxy) is 1. The summed E-state index contributed by atoms with van der Waals surface area (Å²) in [5, 5.41) is 7.54. The van der Waals surface area contributed by atoms with Gasteiger partial charge in [0.15, 0.2) is 5.65 Å². The minimum absolute atomic E-state index is 0.118. The molecule has 0 bridgehead atoms. The van der Waals surface area contributed by atoms with Crippen molar-refractivity contribution in [1.82, 2.24) is 19.9 Å². The van der Waals surface area contributed by atoms with E-state index in [2.05, 4.69) is 15.4 Å². The monoisotopic (exact) mass is 480 g/mol. The van der Waals surface area contributed by atoms with E-state index in [1.165, 1.54) is 10.7 Å². The molecule has 0 aliphatic carbocycles. The number of hydrogen-bond donors (Lipinski definition) is 1. The summed E-state index contributed by atoms with van der Waals surface area (Å²) in [6, 6.07) is 8.56. The van der Waals surface area contributed by atoms with E-state index in [4.69, 9.17) is 4.74 Å². The second-order valence-electron chi connectivity index (χ2n) is 8.85. The summed E-state index contributed by atoms with van der Waals surface area (Å²) < 4.78 is 49.8. The number of rotatable bonds is 4. The fourth-order valence-electron chi connectivity index (χ4n) is 4.64. The van der Waals surface area contributed by atoms with E-state index in [0.717, 1.165) is 11.3 Å². The van der Waals surface area contributed by atoms with Crippen LogP contribution >= 0.6 is 0 Å². The Hall–Kier alpha value is -3.88. The van der Waals surface area contributed by atoms with Crippen molar-refractivity contribution in [3.8, 4) is 16.9 Å². The summed E-state index contributed by atoms with van der Waals surface area (Å²) in [7, 11) is 0. The van der Waals surface area contributed by atoms with Crippen molar-refractivity contribution in [3.63, 3.8) is 0 Å². The van der Waals surface area contributed by atoms with Crippen molar-refractivity contribution in [1.29, 1.82) is 0 Å². The molecular formula is C26H23F3N4O2. The van der Waals surface area contributed by atoms with E-state index in [1.54, 1.807) is 6.92 Å². The fourth-order valence-corrected chi connectivity index (χ4v) is 4.64. The topological polar surface area (TPSA) is 68.5 Å². The number of halogens is 3. The molecule has 1 N–H and O–H groups in total. The first-order valence-electron chi connectivity index (χ1n) is 11.3. The number of amides is 1. The van der Waals surface area contributed by atoms with E-state index in [-0.39, 0.29) is 29.1 Å². The average Bonchev–Trinajstić information content (AvgIpc) is 3.13. The predicted molar refractivity (Wildman–Crippen MR) is 124 cm³/mol. The number of carbonyl (C=O) groups is 1. The molecule has 1 aliphatic rings. The van der Waals surface area contributed by atoms with Crippen LogP contribution < -0.4 is 10.1 Å². The van der Waals surface area contributed by atoms with Crippen molar-refractivity contribution >= 4 is 11.6 Å². The normalized spacial score (nSPS) is 15.2. The van der Waals surface area contributed by atoms with E-state index in [0.29, 0.717) is 42.1 Å². The van der Waals surface area contributed by atoms with Gasteiger partial charge in [-0.3, -0.25) is 4.79 Å². The van der Waals surface area contributed by atoms with Gasteiger partial charge in [-0.05, 0) is 18.9 Å². The van der Waals surface area contributed by atoms with Crippen LogP contribution in [0.4, 0.5) is 13.2 Å². The Morgan fingerprint density at radius 1 is 1.14 bits per heavy atom. The molecule has 0 radical (unpaired) electrons. The maximum absolute atomic E-state index is 14.6. The summed E-state index contributed by atoms with van der Waals surface area (Å²) in [6.45, 7) is 5.86. The lowest BCUT2D eigenvalue weighted by Gasteiger charge is -2.27. The highest BCUT2D eigenvalue weighted by Gasteiger charge is 2.28. The first-order chi connectivity index (χ1) is 16.8. The number of nitrogens with zero attached hydrogens (tertiary/aromatic N) is 3. The van der Waals surface area contributed by atoms with Crippen LogP contribution in [0.25, 0.3) is 16.8 Å². The standard InChI is InChI=1S/C26H23F3N4O2/c1-13(2)24-17(26(34)31-20-8-9-35-21-7-5-4-6-16(20)21)12-30-25-22(14(3)32-33(24)25)23-18(28)10-15(27)11-19(23)29/h4-7,10-13,20H,8-9H2,1-3H3,(H,31,34)/t20-/m0/s1. The third-order valence-corrected chi connectivity index (χ3v) is 6.17. The molecule has 35 heavy (non-hydrogen) atoms. The Kier molecular flexibility index (Phi) is 5.70. The SMILES string of the molecule is Cc1nn2c(C(C)C)c(C(=O)N[C@H]3CCOc4ccccc43)cnc2c1-c1c(F)cc(F)cc1F. The van der Waals surface area contributed by atoms with Crippen LogP contribution in [-0.4, -0.2) is 27.1 Å². The molecule has 2 aromatic heterocycles. The highest BCUT2D eigenvalue weighted by Crippen LogP contribution is 2.35. The molecule has 1 aliphatic heterocycles. The van der Waals surface area contributed by atoms with Crippen molar-refractivity contribution < 1.29 is 22.7 Å². The number of aryl methyl sites for hydroxylation is 1. The number of nitrogens with one attached hydrogen (secondary N) is 1. The van der Waals surface area contributed by atoms with Crippen LogP contribution in [-0.2, 0) is 0 Å². The highest BCUT2D eigenvalue weighted by atomic mass is 19.1. The maximum Gasteiger partial charge on any atom is 0.255 e. The molecule has 1 amide bonds. The number of carbonyl (C=O) groups excluding carboxylic acids is 1. The Morgan fingerprint density at radius 3 is 2.57 bits per heavy atom. The molecule has 0 unspecified atom stereocenters. The Labute approximate surface area is 199 Å². The quantitative estimate of drug-likeness (QED) is 0.419. The summed E-state index contributed by atoms with van der Waals surface area (Å²) >= 11 is 0. The molecule has 1 atom stereocenters. The number of hydrogen-bond acceptors (Lipinski definition) is 4. The van der Waals surface area contributed by atoms with Gasteiger partial charge in [0.05, 0.1) is 40.7 Å². The van der Waals surface area contributed by atoms with Gasteiger partial charge in [-0.25, -0.2) is 22.7 Å². The van der Waals surface area contributed by atoms with Gasteiger partial charge in [-0.2, -0.15) is 5.10 Å². The molecule has 0 saturated carbocycles. The minimum atomic E-state index is -1.05. The van der Waals surface area contributed by atoms with Crippen LogP contribution in [0, 0.1) is 24.4 Å². The molecular weight excluding hydrogens is 457 g/mol. The second kappa shape index (κ2) is 8.72. The zero-order chi connectivity index (χ0) is 24.9. The number of fused-ring (bicyclic) bond motifs is 2. The third-order valence-electron chi connectivity index (χ3n) is 6.17. The molecule has 4 aromatic rings. The van der Waals surface area contributed by atoms with Crippen molar-refractivity contribution in [2.45, 2.75) is 39.2 Å². The molecule has 180 valence electrons. The predicted octanol–water partition coefficient (Wildman–Crippen LogP) is 5.50. The van der Waals surface area contributed by atoms with Gasteiger partial charge in [0, 0.05) is 30.3 Å². The first-order valence-corrected chi connectivity index (χ1v) is 11.3. The van der Waals surface area contributed by atoms with Gasteiger partial charge in [0.2, 0.25) is 0 Å². The van der Waals surface area contributed by atoms with Crippen LogP contribution in [0.3, 0.4) is 0 Å². The van der Waals surface area contributed by atoms with Gasteiger partial charge in [-0.1, -0.05) is 32.0 Å². The fraction of sp³-hybridized carbons (Fsp3) is 0.269. The van der Waals surface area contributed by atoms with Gasteiger partial charge in [-0.15, -0.1) is 0 Å². The Bertz CT molecular complexity index is 1440. The molecule has 2 aromatic carbocycles. The number of benzene rings is 2. The largest absolute Gasteiger partial charge is 0.493 e. The molecule has 6 nitrogen and oxygen atoms in total.